The molecule has 0 bridgehead atoms. The van der Waals surface area contributed by atoms with Crippen molar-refractivity contribution in [1.29, 1.82) is 0 Å². The molecule has 0 radical (unpaired) electrons. The van der Waals surface area contributed by atoms with Gasteiger partial charge in [-0.15, -0.1) is 0 Å². The smallest absolute Gasteiger partial charge is 0.308 e. The number of amides is 2. The molecule has 2 aromatic carbocycles. The molecule has 0 unspecified atom stereocenters. The maximum atomic E-state index is 12.7. The van der Waals surface area contributed by atoms with E-state index in [4.69, 9.17) is 0 Å². The van der Waals surface area contributed by atoms with Crippen LogP contribution in [0.1, 0.15) is 12.0 Å². The minimum Gasteiger partial charge on any atom is -0.308 e. The zero-order chi connectivity index (χ0) is 19.7. The van der Waals surface area contributed by atoms with Crippen LogP contribution in [0, 0.1) is 0 Å². The standard InChI is InChI=1S/C17H16F3N3O3S/c18-17(19,20)12-4-1-5-13(10-12)21-16(24)22-14-6-2-7-15(11-14)23-8-3-9-27(23,25)26/h1-2,4-7,10-11H,3,8-9H2,(H2,21,22,24). The first kappa shape index (κ1) is 19.0. The van der Waals surface area contributed by atoms with E-state index in [0.717, 1.165) is 12.1 Å². The monoisotopic (exact) mass is 399 g/mol. The van der Waals surface area contributed by atoms with Crippen LogP contribution in [0.2, 0.25) is 0 Å². The Morgan fingerprint density at radius 2 is 1.63 bits per heavy atom. The highest BCUT2D eigenvalue weighted by molar-refractivity contribution is 7.93. The Kier molecular flexibility index (Phi) is 5.01. The van der Waals surface area contributed by atoms with Gasteiger partial charge < -0.3 is 10.6 Å². The molecule has 0 aromatic heterocycles. The summed E-state index contributed by atoms with van der Waals surface area (Å²) in [7, 11) is -3.35. The molecule has 0 saturated carbocycles. The van der Waals surface area contributed by atoms with Crippen LogP contribution in [-0.2, 0) is 16.2 Å². The summed E-state index contributed by atoms with van der Waals surface area (Å²) in [4.78, 5) is 12.1. The number of rotatable bonds is 3. The molecule has 1 fully saturated rings. The molecule has 2 N–H and O–H groups in total. The Balaban J connectivity index is 1.71. The van der Waals surface area contributed by atoms with Gasteiger partial charge in [0.15, 0.2) is 0 Å². The highest BCUT2D eigenvalue weighted by atomic mass is 32.2. The Bertz CT molecular complexity index is 961. The number of sulfonamides is 1. The van der Waals surface area contributed by atoms with E-state index in [2.05, 4.69) is 10.6 Å². The van der Waals surface area contributed by atoms with E-state index in [-0.39, 0.29) is 11.4 Å². The summed E-state index contributed by atoms with van der Waals surface area (Å²) in [5.41, 5.74) is -0.148. The Hall–Kier alpha value is -2.75. The lowest BCUT2D eigenvalue weighted by molar-refractivity contribution is -0.137. The maximum absolute atomic E-state index is 12.7. The van der Waals surface area contributed by atoms with E-state index in [1.807, 2.05) is 0 Å². The Morgan fingerprint density at radius 1 is 1.00 bits per heavy atom. The van der Waals surface area contributed by atoms with Gasteiger partial charge in [-0.3, -0.25) is 4.31 Å². The van der Waals surface area contributed by atoms with Crippen LogP contribution < -0.4 is 14.9 Å². The van der Waals surface area contributed by atoms with Gasteiger partial charge >= 0.3 is 12.2 Å². The van der Waals surface area contributed by atoms with Crippen LogP contribution in [0.25, 0.3) is 0 Å². The summed E-state index contributed by atoms with van der Waals surface area (Å²) >= 11 is 0. The van der Waals surface area contributed by atoms with E-state index in [9.17, 15) is 26.4 Å². The third kappa shape index (κ3) is 4.51. The SMILES string of the molecule is O=C(Nc1cccc(N2CCCS2(=O)=O)c1)Nc1cccc(C(F)(F)F)c1. The van der Waals surface area contributed by atoms with E-state index < -0.39 is 27.8 Å². The molecule has 0 spiro atoms. The van der Waals surface area contributed by atoms with Gasteiger partial charge in [0.2, 0.25) is 10.0 Å². The summed E-state index contributed by atoms with van der Waals surface area (Å²) in [6, 6.07) is 9.76. The number of halogens is 3. The van der Waals surface area contributed by atoms with Crippen molar-refractivity contribution in [3.8, 4) is 0 Å². The number of hydrogen-bond donors (Lipinski definition) is 2. The van der Waals surface area contributed by atoms with E-state index in [0.29, 0.717) is 24.3 Å². The van der Waals surface area contributed by atoms with E-state index in [1.54, 1.807) is 18.2 Å². The minimum atomic E-state index is -4.51. The number of nitrogens with one attached hydrogen (secondary N) is 2. The first-order valence-electron chi connectivity index (χ1n) is 8.01. The molecular weight excluding hydrogens is 383 g/mol. The predicted octanol–water partition coefficient (Wildman–Crippen LogP) is 3.89. The first-order valence-corrected chi connectivity index (χ1v) is 9.62. The molecular formula is C17H16F3N3O3S. The quantitative estimate of drug-likeness (QED) is 0.822. The zero-order valence-electron chi connectivity index (χ0n) is 14.0. The topological polar surface area (TPSA) is 78.5 Å². The molecule has 1 aliphatic rings. The molecule has 2 amide bonds. The second-order valence-electron chi connectivity index (χ2n) is 5.95. The Morgan fingerprint density at radius 3 is 2.22 bits per heavy atom. The molecule has 27 heavy (non-hydrogen) atoms. The average Bonchev–Trinajstić information content (AvgIpc) is 2.93. The Labute approximate surface area is 154 Å². The maximum Gasteiger partial charge on any atom is 0.416 e. The lowest BCUT2D eigenvalue weighted by Gasteiger charge is -2.18. The van der Waals surface area contributed by atoms with Gasteiger partial charge in [-0.1, -0.05) is 12.1 Å². The molecule has 1 heterocycles. The van der Waals surface area contributed by atoms with Crippen molar-refractivity contribution in [1.82, 2.24) is 0 Å². The van der Waals surface area contributed by atoms with Gasteiger partial charge in [-0.2, -0.15) is 13.2 Å². The number of urea groups is 1. The van der Waals surface area contributed by atoms with Gasteiger partial charge in [0.1, 0.15) is 0 Å². The lowest BCUT2D eigenvalue weighted by atomic mass is 10.2. The third-order valence-electron chi connectivity index (χ3n) is 3.94. The van der Waals surface area contributed by atoms with Crippen LogP contribution in [-0.4, -0.2) is 26.7 Å². The van der Waals surface area contributed by atoms with Crippen molar-refractivity contribution in [3.63, 3.8) is 0 Å². The highest BCUT2D eigenvalue weighted by Crippen LogP contribution is 2.31. The summed E-state index contributed by atoms with van der Waals surface area (Å²) in [6.45, 7) is 0.363. The molecule has 2 aromatic rings. The van der Waals surface area contributed by atoms with Gasteiger partial charge in [-0.05, 0) is 42.8 Å². The fraction of sp³-hybridized carbons (Fsp3) is 0.235. The fourth-order valence-corrected chi connectivity index (χ4v) is 4.29. The second kappa shape index (κ2) is 7.10. The highest BCUT2D eigenvalue weighted by Gasteiger charge is 2.30. The molecule has 0 aliphatic carbocycles. The van der Waals surface area contributed by atoms with Gasteiger partial charge in [0.25, 0.3) is 0 Å². The molecule has 1 saturated heterocycles. The summed E-state index contributed by atoms with van der Waals surface area (Å²) in [6.07, 6.45) is -3.99. The second-order valence-corrected chi connectivity index (χ2v) is 7.96. The van der Waals surface area contributed by atoms with Gasteiger partial charge in [0, 0.05) is 17.9 Å². The lowest BCUT2D eigenvalue weighted by Crippen LogP contribution is -2.25. The molecule has 10 heteroatoms. The van der Waals surface area contributed by atoms with Crippen LogP contribution in [0.3, 0.4) is 0 Å². The number of hydrogen-bond acceptors (Lipinski definition) is 3. The number of nitrogens with zero attached hydrogens (tertiary/aromatic N) is 1. The minimum absolute atomic E-state index is 0.0133. The molecule has 3 rings (SSSR count). The van der Waals surface area contributed by atoms with E-state index in [1.165, 1.54) is 22.5 Å². The number of anilines is 3. The fourth-order valence-electron chi connectivity index (χ4n) is 2.74. The van der Waals surface area contributed by atoms with Crippen molar-refractivity contribution < 1.29 is 26.4 Å². The zero-order valence-corrected chi connectivity index (χ0v) is 14.8. The van der Waals surface area contributed by atoms with Crippen molar-refractivity contribution in [2.45, 2.75) is 12.6 Å². The third-order valence-corrected chi connectivity index (χ3v) is 5.81. The van der Waals surface area contributed by atoms with Crippen LogP contribution >= 0.6 is 0 Å². The molecule has 6 nitrogen and oxygen atoms in total. The average molecular weight is 399 g/mol. The van der Waals surface area contributed by atoms with Gasteiger partial charge in [-0.25, -0.2) is 13.2 Å². The first-order chi connectivity index (χ1) is 12.6. The number of carbonyl (C=O) groups is 1. The summed E-state index contributed by atoms with van der Waals surface area (Å²) < 4.78 is 63.4. The van der Waals surface area contributed by atoms with Crippen LogP contribution in [0.5, 0.6) is 0 Å². The molecule has 0 atom stereocenters. The van der Waals surface area contributed by atoms with Crippen molar-refractivity contribution in [2.24, 2.45) is 0 Å². The number of alkyl halides is 3. The largest absolute Gasteiger partial charge is 0.416 e. The van der Waals surface area contributed by atoms with Crippen molar-refractivity contribution in [2.75, 3.05) is 27.2 Å². The molecule has 1 aliphatic heterocycles. The summed E-state index contributed by atoms with van der Waals surface area (Å²) in [5.74, 6) is 0.0701. The van der Waals surface area contributed by atoms with Crippen molar-refractivity contribution in [3.05, 3.63) is 54.1 Å². The summed E-state index contributed by atoms with van der Waals surface area (Å²) in [5, 5.41) is 4.81. The molecule has 144 valence electrons. The van der Waals surface area contributed by atoms with E-state index >= 15 is 0 Å². The van der Waals surface area contributed by atoms with Crippen LogP contribution in [0.4, 0.5) is 35.0 Å². The predicted molar refractivity (Wildman–Crippen MR) is 96.3 cm³/mol. The number of carbonyl (C=O) groups excluding carboxylic acids is 1. The number of benzene rings is 2. The van der Waals surface area contributed by atoms with Crippen LogP contribution in [0.15, 0.2) is 48.5 Å². The van der Waals surface area contributed by atoms with Gasteiger partial charge in [0.05, 0.1) is 17.0 Å². The van der Waals surface area contributed by atoms with Crippen molar-refractivity contribution >= 4 is 33.1 Å². The normalized spacial score (nSPS) is 16.2.